The molecule has 0 fully saturated rings. The molecular formula is C49H30N4. The molecule has 0 saturated heterocycles. The summed E-state index contributed by atoms with van der Waals surface area (Å²) in [5.74, 6) is 0. The first-order valence-corrected chi connectivity index (χ1v) is 17.9. The lowest BCUT2D eigenvalue weighted by atomic mass is 9.97. The van der Waals surface area contributed by atoms with Crippen molar-refractivity contribution in [1.82, 2.24) is 13.7 Å². The lowest BCUT2D eigenvalue weighted by Gasteiger charge is -2.16. The largest absolute Gasteiger partial charge is 0.309 e. The van der Waals surface area contributed by atoms with Crippen LogP contribution in [0.15, 0.2) is 182 Å². The number of fused-ring (bicyclic) bond motifs is 10. The summed E-state index contributed by atoms with van der Waals surface area (Å²) >= 11 is 0. The van der Waals surface area contributed by atoms with Crippen molar-refractivity contribution in [3.63, 3.8) is 0 Å². The first-order valence-electron chi connectivity index (χ1n) is 17.9. The minimum Gasteiger partial charge on any atom is -0.309 e. The van der Waals surface area contributed by atoms with Crippen LogP contribution in [0.4, 0.5) is 0 Å². The molecule has 53 heavy (non-hydrogen) atoms. The van der Waals surface area contributed by atoms with Crippen LogP contribution in [0, 0.1) is 11.3 Å². The van der Waals surface area contributed by atoms with Gasteiger partial charge in [-0.05, 0) is 60.7 Å². The zero-order valence-electron chi connectivity index (χ0n) is 28.6. The Morgan fingerprint density at radius 2 is 0.906 bits per heavy atom. The van der Waals surface area contributed by atoms with Gasteiger partial charge in [0.1, 0.15) is 0 Å². The molecule has 246 valence electrons. The molecule has 11 rings (SSSR count). The Morgan fingerprint density at radius 3 is 1.58 bits per heavy atom. The molecule has 8 aromatic carbocycles. The number of nitriles is 1. The normalized spacial score (nSPS) is 11.8. The highest BCUT2D eigenvalue weighted by Crippen LogP contribution is 2.43. The molecule has 0 saturated carbocycles. The van der Waals surface area contributed by atoms with Gasteiger partial charge in [0, 0.05) is 54.8 Å². The van der Waals surface area contributed by atoms with Crippen molar-refractivity contribution in [2.45, 2.75) is 0 Å². The van der Waals surface area contributed by atoms with Gasteiger partial charge in [-0.2, -0.15) is 5.26 Å². The van der Waals surface area contributed by atoms with Crippen molar-refractivity contribution < 1.29 is 0 Å². The van der Waals surface area contributed by atoms with Crippen LogP contribution in [0.2, 0.25) is 0 Å². The monoisotopic (exact) mass is 674 g/mol. The van der Waals surface area contributed by atoms with E-state index in [2.05, 4.69) is 202 Å². The molecular weight excluding hydrogens is 645 g/mol. The minimum absolute atomic E-state index is 0.626. The van der Waals surface area contributed by atoms with E-state index in [9.17, 15) is 5.26 Å². The number of hydrogen-bond donors (Lipinski definition) is 0. The topological polar surface area (TPSA) is 38.6 Å². The average Bonchev–Trinajstić information content (AvgIpc) is 3.87. The van der Waals surface area contributed by atoms with Crippen LogP contribution in [-0.4, -0.2) is 13.7 Å². The molecule has 4 nitrogen and oxygen atoms in total. The number of para-hydroxylation sites is 6. The van der Waals surface area contributed by atoms with Gasteiger partial charge in [-0.3, -0.25) is 0 Å². The van der Waals surface area contributed by atoms with E-state index in [1.54, 1.807) is 0 Å². The summed E-state index contributed by atoms with van der Waals surface area (Å²) in [5.41, 5.74) is 12.5. The van der Waals surface area contributed by atoms with E-state index < -0.39 is 0 Å². The van der Waals surface area contributed by atoms with Gasteiger partial charge in [-0.15, -0.1) is 0 Å². The van der Waals surface area contributed by atoms with E-state index >= 15 is 0 Å². The third-order valence-corrected chi connectivity index (χ3v) is 10.9. The van der Waals surface area contributed by atoms with Gasteiger partial charge in [0.05, 0.1) is 50.4 Å². The van der Waals surface area contributed by atoms with Crippen LogP contribution in [0.5, 0.6) is 0 Å². The highest BCUT2D eigenvalue weighted by atomic mass is 15.0. The van der Waals surface area contributed by atoms with E-state index in [4.69, 9.17) is 0 Å². The standard InChI is InChI=1S/C49H30N4/c50-31-32-30-34(26-27-35(32)36-16-4-10-22-43(36)53-44-23-11-5-17-37(44)38-18-6-12-24-45(38)53)51-46-25-13-8-20-41(46)48-47(51)29-28-40-39-19-7-9-21-42(39)52(49(40)48)33-14-2-1-3-15-33/h1-30H. The Hall–Kier alpha value is -7.35. The van der Waals surface area contributed by atoms with Crippen molar-refractivity contribution in [1.29, 1.82) is 5.26 Å². The summed E-state index contributed by atoms with van der Waals surface area (Å²) in [7, 11) is 0. The molecule has 0 bridgehead atoms. The lowest BCUT2D eigenvalue weighted by molar-refractivity contribution is 1.17. The summed E-state index contributed by atoms with van der Waals surface area (Å²) in [6.07, 6.45) is 0. The summed E-state index contributed by atoms with van der Waals surface area (Å²) in [6.45, 7) is 0. The molecule has 0 amide bonds. The maximum Gasteiger partial charge on any atom is 0.0998 e. The van der Waals surface area contributed by atoms with Crippen molar-refractivity contribution in [3.05, 3.63) is 188 Å². The predicted molar refractivity (Wildman–Crippen MR) is 220 cm³/mol. The molecule has 3 aromatic heterocycles. The predicted octanol–water partition coefficient (Wildman–Crippen LogP) is 12.5. The number of rotatable bonds is 4. The second-order valence-corrected chi connectivity index (χ2v) is 13.6. The Balaban J connectivity index is 1.17. The van der Waals surface area contributed by atoms with Crippen LogP contribution in [-0.2, 0) is 0 Å². The lowest BCUT2D eigenvalue weighted by Crippen LogP contribution is -2.00. The van der Waals surface area contributed by atoms with Gasteiger partial charge < -0.3 is 13.7 Å². The number of aromatic nitrogens is 3. The zero-order valence-corrected chi connectivity index (χ0v) is 28.6. The third-order valence-electron chi connectivity index (χ3n) is 10.9. The Morgan fingerprint density at radius 1 is 0.358 bits per heavy atom. The molecule has 0 atom stereocenters. The molecule has 3 heterocycles. The second kappa shape index (κ2) is 11.3. The van der Waals surface area contributed by atoms with E-state index in [0.29, 0.717) is 5.56 Å². The van der Waals surface area contributed by atoms with E-state index in [1.807, 2.05) is 0 Å². The summed E-state index contributed by atoms with van der Waals surface area (Å²) in [4.78, 5) is 0. The second-order valence-electron chi connectivity index (χ2n) is 13.6. The van der Waals surface area contributed by atoms with Gasteiger partial charge in [0.2, 0.25) is 0 Å². The molecule has 0 aliphatic carbocycles. The molecule has 0 spiro atoms. The smallest absolute Gasteiger partial charge is 0.0998 e. The first kappa shape index (κ1) is 29.4. The number of hydrogen-bond acceptors (Lipinski definition) is 1. The number of benzene rings is 8. The van der Waals surface area contributed by atoms with Gasteiger partial charge in [0.15, 0.2) is 0 Å². The summed E-state index contributed by atoms with van der Waals surface area (Å²) in [6, 6.07) is 66.9. The molecule has 0 radical (unpaired) electrons. The highest BCUT2D eigenvalue weighted by molar-refractivity contribution is 6.26. The highest BCUT2D eigenvalue weighted by Gasteiger charge is 2.22. The molecule has 0 aliphatic heterocycles. The van der Waals surface area contributed by atoms with Crippen molar-refractivity contribution in [2.75, 3.05) is 0 Å². The van der Waals surface area contributed by atoms with Crippen LogP contribution in [0.1, 0.15) is 5.56 Å². The van der Waals surface area contributed by atoms with Crippen LogP contribution in [0.3, 0.4) is 0 Å². The van der Waals surface area contributed by atoms with Gasteiger partial charge in [0.25, 0.3) is 0 Å². The summed E-state index contributed by atoms with van der Waals surface area (Å²) < 4.78 is 7.05. The van der Waals surface area contributed by atoms with Crippen molar-refractivity contribution >= 4 is 65.4 Å². The fourth-order valence-electron chi connectivity index (χ4n) is 8.71. The summed E-state index contributed by atoms with van der Waals surface area (Å²) in [5, 5.41) is 18.0. The average molecular weight is 675 g/mol. The van der Waals surface area contributed by atoms with E-state index in [0.717, 1.165) is 50.3 Å². The van der Waals surface area contributed by atoms with E-state index in [1.165, 1.54) is 43.4 Å². The Kier molecular flexibility index (Phi) is 6.28. The van der Waals surface area contributed by atoms with E-state index in [-0.39, 0.29) is 0 Å². The van der Waals surface area contributed by atoms with Crippen LogP contribution in [0.25, 0.3) is 93.6 Å². The number of nitrogens with zero attached hydrogens (tertiary/aromatic N) is 4. The fourth-order valence-corrected chi connectivity index (χ4v) is 8.71. The molecule has 0 N–H and O–H groups in total. The van der Waals surface area contributed by atoms with Gasteiger partial charge >= 0.3 is 0 Å². The van der Waals surface area contributed by atoms with Crippen molar-refractivity contribution in [3.8, 4) is 34.3 Å². The van der Waals surface area contributed by atoms with Crippen LogP contribution >= 0.6 is 0 Å². The maximum atomic E-state index is 10.8. The Bertz CT molecular complexity index is 3240. The SMILES string of the molecule is N#Cc1cc(-n2c3ccccc3c3c2ccc2c4ccccc4n(-c4ccccc4)c23)ccc1-c1ccccc1-n1c2ccccc2c2ccccc21. The van der Waals surface area contributed by atoms with Crippen LogP contribution < -0.4 is 0 Å². The minimum atomic E-state index is 0.626. The van der Waals surface area contributed by atoms with Gasteiger partial charge in [-0.25, -0.2) is 0 Å². The Labute approximate surface area is 305 Å². The van der Waals surface area contributed by atoms with Gasteiger partial charge in [-0.1, -0.05) is 121 Å². The molecule has 11 aromatic rings. The first-order chi connectivity index (χ1) is 26.3. The van der Waals surface area contributed by atoms with Crippen molar-refractivity contribution in [2.24, 2.45) is 0 Å². The quantitative estimate of drug-likeness (QED) is 0.183. The fraction of sp³-hybridized carbons (Fsp3) is 0. The zero-order chi connectivity index (χ0) is 35.0. The molecule has 0 unspecified atom stereocenters. The maximum absolute atomic E-state index is 10.8. The third kappa shape index (κ3) is 4.16. The molecule has 4 heteroatoms. The molecule has 0 aliphatic rings.